The van der Waals surface area contributed by atoms with E-state index in [1.807, 2.05) is 30.3 Å². The molecule has 1 aromatic heterocycles. The maximum Gasteiger partial charge on any atom is 0.260 e. The highest BCUT2D eigenvalue weighted by molar-refractivity contribution is 5.81. The Balaban J connectivity index is 1.28. The van der Waals surface area contributed by atoms with Gasteiger partial charge in [0.2, 0.25) is 5.91 Å². The van der Waals surface area contributed by atoms with Crippen LogP contribution in [0.3, 0.4) is 0 Å². The van der Waals surface area contributed by atoms with E-state index in [-0.39, 0.29) is 36.3 Å². The first-order chi connectivity index (χ1) is 15.0. The van der Waals surface area contributed by atoms with E-state index in [4.69, 9.17) is 4.74 Å². The number of ether oxygens (including phenoxy) is 1. The number of para-hydroxylation sites is 1. The Labute approximate surface area is 183 Å². The number of aromatic nitrogens is 3. The standard InChI is InChI=1S/C23H31N5O3/c1-16(2)21(22-26-25-19-9-6-12-28(19)22)24-23(30)17-10-13-27(14-11-17)20(29)15-31-18-7-4-3-5-8-18/h3-5,7-8,16-17,21H,6,9-15H2,1-2H3,(H,24,30). The fourth-order valence-electron chi connectivity index (χ4n) is 4.35. The van der Waals surface area contributed by atoms with Crippen molar-refractivity contribution in [3.63, 3.8) is 0 Å². The summed E-state index contributed by atoms with van der Waals surface area (Å²) in [6.07, 6.45) is 3.35. The molecule has 1 saturated heterocycles. The molecule has 3 heterocycles. The highest BCUT2D eigenvalue weighted by atomic mass is 16.5. The zero-order valence-corrected chi connectivity index (χ0v) is 18.3. The predicted octanol–water partition coefficient (Wildman–Crippen LogP) is 2.36. The van der Waals surface area contributed by atoms with E-state index in [0.29, 0.717) is 31.7 Å². The van der Waals surface area contributed by atoms with Gasteiger partial charge >= 0.3 is 0 Å². The molecule has 0 spiro atoms. The summed E-state index contributed by atoms with van der Waals surface area (Å²) in [6, 6.07) is 9.18. The minimum absolute atomic E-state index is 0.0221. The SMILES string of the molecule is CC(C)C(NC(=O)C1CCN(C(=O)COc2ccccc2)CC1)c1nnc2n1CCC2. The Morgan fingerprint density at radius 1 is 1.13 bits per heavy atom. The Kier molecular flexibility index (Phi) is 6.53. The zero-order valence-electron chi connectivity index (χ0n) is 18.3. The van der Waals surface area contributed by atoms with E-state index in [1.165, 1.54) is 0 Å². The van der Waals surface area contributed by atoms with Crippen molar-refractivity contribution in [2.75, 3.05) is 19.7 Å². The molecule has 1 atom stereocenters. The molecule has 0 aliphatic carbocycles. The lowest BCUT2D eigenvalue weighted by Crippen LogP contribution is -2.45. The van der Waals surface area contributed by atoms with Crippen molar-refractivity contribution in [1.82, 2.24) is 25.0 Å². The van der Waals surface area contributed by atoms with Crippen molar-refractivity contribution in [3.8, 4) is 5.75 Å². The highest BCUT2D eigenvalue weighted by Crippen LogP contribution is 2.26. The van der Waals surface area contributed by atoms with Crippen molar-refractivity contribution in [1.29, 1.82) is 0 Å². The number of hydrogen-bond donors (Lipinski definition) is 1. The lowest BCUT2D eigenvalue weighted by Gasteiger charge is -2.32. The van der Waals surface area contributed by atoms with Gasteiger partial charge in [-0.25, -0.2) is 0 Å². The van der Waals surface area contributed by atoms with Crippen molar-refractivity contribution in [3.05, 3.63) is 42.0 Å². The molecule has 1 N–H and O–H groups in total. The molecule has 1 fully saturated rings. The van der Waals surface area contributed by atoms with Crippen LogP contribution < -0.4 is 10.1 Å². The van der Waals surface area contributed by atoms with Crippen LogP contribution in [0.5, 0.6) is 5.75 Å². The molecule has 0 saturated carbocycles. The third-order valence-corrected chi connectivity index (χ3v) is 6.20. The van der Waals surface area contributed by atoms with Crippen LogP contribution >= 0.6 is 0 Å². The van der Waals surface area contributed by atoms with Gasteiger partial charge in [0.1, 0.15) is 11.6 Å². The number of nitrogens with one attached hydrogen (secondary N) is 1. The molecule has 1 unspecified atom stereocenters. The number of aryl methyl sites for hydroxylation is 1. The molecular weight excluding hydrogens is 394 g/mol. The van der Waals surface area contributed by atoms with Crippen LogP contribution in [0, 0.1) is 11.8 Å². The largest absolute Gasteiger partial charge is 0.484 e. The first-order valence-electron chi connectivity index (χ1n) is 11.2. The molecule has 2 aliphatic rings. The molecular formula is C23H31N5O3. The van der Waals surface area contributed by atoms with E-state index in [9.17, 15) is 9.59 Å². The highest BCUT2D eigenvalue weighted by Gasteiger charge is 2.32. The molecule has 8 heteroatoms. The lowest BCUT2D eigenvalue weighted by molar-refractivity contribution is -0.137. The average Bonchev–Trinajstić information content (AvgIpc) is 3.41. The van der Waals surface area contributed by atoms with E-state index in [2.05, 4.69) is 33.9 Å². The van der Waals surface area contributed by atoms with E-state index >= 15 is 0 Å². The van der Waals surface area contributed by atoms with Gasteiger partial charge in [-0.3, -0.25) is 9.59 Å². The summed E-state index contributed by atoms with van der Waals surface area (Å²) in [5, 5.41) is 11.9. The minimum atomic E-state index is -0.147. The summed E-state index contributed by atoms with van der Waals surface area (Å²) < 4.78 is 7.72. The number of rotatable bonds is 7. The summed E-state index contributed by atoms with van der Waals surface area (Å²) in [5.74, 6) is 2.69. The molecule has 0 bridgehead atoms. The van der Waals surface area contributed by atoms with Crippen LogP contribution in [0.25, 0.3) is 0 Å². The summed E-state index contributed by atoms with van der Waals surface area (Å²) in [7, 11) is 0. The molecule has 166 valence electrons. The van der Waals surface area contributed by atoms with Gasteiger partial charge in [-0.05, 0) is 37.3 Å². The summed E-state index contributed by atoms with van der Waals surface area (Å²) in [4.78, 5) is 27.2. The quantitative estimate of drug-likeness (QED) is 0.736. The number of carbonyl (C=O) groups is 2. The van der Waals surface area contributed by atoms with Gasteiger partial charge in [0.15, 0.2) is 12.4 Å². The van der Waals surface area contributed by atoms with Gasteiger partial charge in [0, 0.05) is 32.0 Å². The number of amides is 2. The van der Waals surface area contributed by atoms with Crippen molar-refractivity contribution < 1.29 is 14.3 Å². The van der Waals surface area contributed by atoms with Crippen LogP contribution in [0.15, 0.2) is 30.3 Å². The van der Waals surface area contributed by atoms with Crippen LogP contribution in [0.2, 0.25) is 0 Å². The molecule has 2 aromatic rings. The summed E-state index contributed by atoms with van der Waals surface area (Å²) in [5.41, 5.74) is 0. The number of carbonyl (C=O) groups excluding carboxylic acids is 2. The fourth-order valence-corrected chi connectivity index (χ4v) is 4.35. The molecule has 4 rings (SSSR count). The first-order valence-corrected chi connectivity index (χ1v) is 11.2. The molecule has 1 aromatic carbocycles. The normalized spacial score (nSPS) is 17.5. The second-order valence-electron chi connectivity index (χ2n) is 8.72. The smallest absolute Gasteiger partial charge is 0.260 e. The number of piperidine rings is 1. The van der Waals surface area contributed by atoms with Gasteiger partial charge in [0.25, 0.3) is 5.91 Å². The van der Waals surface area contributed by atoms with E-state index in [0.717, 1.165) is 31.0 Å². The van der Waals surface area contributed by atoms with Crippen molar-refractivity contribution in [2.24, 2.45) is 11.8 Å². The number of nitrogens with zero attached hydrogens (tertiary/aromatic N) is 4. The Hall–Kier alpha value is -2.90. The molecule has 31 heavy (non-hydrogen) atoms. The Morgan fingerprint density at radius 2 is 1.87 bits per heavy atom. The fraction of sp³-hybridized carbons (Fsp3) is 0.565. The number of benzene rings is 1. The van der Waals surface area contributed by atoms with E-state index in [1.54, 1.807) is 4.90 Å². The number of likely N-dealkylation sites (tertiary alicyclic amines) is 1. The minimum Gasteiger partial charge on any atom is -0.484 e. The lowest BCUT2D eigenvalue weighted by atomic mass is 9.94. The van der Waals surface area contributed by atoms with Gasteiger partial charge in [-0.1, -0.05) is 32.0 Å². The van der Waals surface area contributed by atoms with Gasteiger partial charge in [-0.2, -0.15) is 0 Å². The topological polar surface area (TPSA) is 89.3 Å². The third-order valence-electron chi connectivity index (χ3n) is 6.20. The molecule has 0 radical (unpaired) electrons. The summed E-state index contributed by atoms with van der Waals surface area (Å²) in [6.45, 7) is 6.27. The monoisotopic (exact) mass is 425 g/mol. The van der Waals surface area contributed by atoms with Gasteiger partial charge < -0.3 is 19.5 Å². The maximum absolute atomic E-state index is 13.0. The summed E-state index contributed by atoms with van der Waals surface area (Å²) >= 11 is 0. The van der Waals surface area contributed by atoms with Crippen molar-refractivity contribution in [2.45, 2.75) is 52.1 Å². The third kappa shape index (κ3) is 4.89. The van der Waals surface area contributed by atoms with Gasteiger partial charge in [-0.15, -0.1) is 10.2 Å². The number of fused-ring (bicyclic) bond motifs is 1. The number of hydrogen-bond acceptors (Lipinski definition) is 5. The first kappa shape index (κ1) is 21.3. The van der Waals surface area contributed by atoms with Crippen LogP contribution in [0.1, 0.15) is 50.8 Å². The average molecular weight is 426 g/mol. The van der Waals surface area contributed by atoms with Crippen LogP contribution in [-0.2, 0) is 22.6 Å². The maximum atomic E-state index is 13.0. The Morgan fingerprint density at radius 3 is 2.58 bits per heavy atom. The van der Waals surface area contributed by atoms with Crippen LogP contribution in [-0.4, -0.2) is 51.2 Å². The van der Waals surface area contributed by atoms with Gasteiger partial charge in [0.05, 0.1) is 6.04 Å². The molecule has 8 nitrogen and oxygen atoms in total. The second-order valence-corrected chi connectivity index (χ2v) is 8.72. The Bertz CT molecular complexity index is 903. The molecule has 2 amide bonds. The van der Waals surface area contributed by atoms with E-state index < -0.39 is 0 Å². The zero-order chi connectivity index (χ0) is 21.8. The van der Waals surface area contributed by atoms with Crippen molar-refractivity contribution >= 4 is 11.8 Å². The molecule has 2 aliphatic heterocycles. The second kappa shape index (κ2) is 9.49. The van der Waals surface area contributed by atoms with Crippen LogP contribution in [0.4, 0.5) is 0 Å². The predicted molar refractivity (Wildman–Crippen MR) is 115 cm³/mol.